The standard InChI is InChI=1S/C17H17BrO/c1-12-8-14-16(15(18)9-12)19-11-17(14,2)10-13-6-4-3-5-7-13/h3-9H,10-11H2,1-2H3/t17-/m1/s1. The van der Waals surface area contributed by atoms with Gasteiger partial charge in [-0.05, 0) is 46.5 Å². The Labute approximate surface area is 122 Å². The van der Waals surface area contributed by atoms with E-state index >= 15 is 0 Å². The van der Waals surface area contributed by atoms with E-state index in [-0.39, 0.29) is 5.41 Å². The zero-order chi connectivity index (χ0) is 13.5. The van der Waals surface area contributed by atoms with E-state index in [1.54, 1.807) is 0 Å². The SMILES string of the molecule is Cc1cc(Br)c2c(c1)[C@](C)(Cc1ccccc1)CO2. The molecular formula is C17H17BrO. The molecule has 2 aromatic carbocycles. The Morgan fingerprint density at radius 3 is 2.68 bits per heavy atom. The van der Waals surface area contributed by atoms with Crippen molar-refractivity contribution in [3.8, 4) is 5.75 Å². The van der Waals surface area contributed by atoms with Crippen molar-refractivity contribution in [1.29, 1.82) is 0 Å². The van der Waals surface area contributed by atoms with Crippen LogP contribution in [0.3, 0.4) is 0 Å². The molecule has 1 aliphatic rings. The fraction of sp³-hybridized carbons (Fsp3) is 0.294. The van der Waals surface area contributed by atoms with Gasteiger partial charge in [-0.1, -0.05) is 43.3 Å². The van der Waals surface area contributed by atoms with E-state index in [0.29, 0.717) is 0 Å². The smallest absolute Gasteiger partial charge is 0.137 e. The fourth-order valence-corrected chi connectivity index (χ4v) is 3.51. The number of fused-ring (bicyclic) bond motifs is 1. The van der Waals surface area contributed by atoms with Gasteiger partial charge in [-0.25, -0.2) is 0 Å². The van der Waals surface area contributed by atoms with Crippen LogP contribution in [0.2, 0.25) is 0 Å². The maximum absolute atomic E-state index is 5.93. The summed E-state index contributed by atoms with van der Waals surface area (Å²) in [6.07, 6.45) is 1.01. The third-order valence-electron chi connectivity index (χ3n) is 3.81. The summed E-state index contributed by atoms with van der Waals surface area (Å²) < 4.78 is 6.99. The van der Waals surface area contributed by atoms with Crippen LogP contribution in [-0.2, 0) is 11.8 Å². The van der Waals surface area contributed by atoms with Crippen LogP contribution in [0.1, 0.15) is 23.6 Å². The molecule has 1 nitrogen and oxygen atoms in total. The molecular weight excluding hydrogens is 300 g/mol. The van der Waals surface area contributed by atoms with Gasteiger partial charge in [0.25, 0.3) is 0 Å². The zero-order valence-corrected chi connectivity index (χ0v) is 12.8. The molecule has 0 amide bonds. The lowest BCUT2D eigenvalue weighted by molar-refractivity contribution is 0.276. The molecule has 1 atom stereocenters. The highest BCUT2D eigenvalue weighted by atomic mass is 79.9. The molecule has 2 heteroatoms. The Hall–Kier alpha value is -1.28. The van der Waals surface area contributed by atoms with Gasteiger partial charge in [0.2, 0.25) is 0 Å². The summed E-state index contributed by atoms with van der Waals surface area (Å²) in [5.41, 5.74) is 4.02. The average Bonchev–Trinajstić information content (AvgIpc) is 2.68. The van der Waals surface area contributed by atoms with Gasteiger partial charge >= 0.3 is 0 Å². The van der Waals surface area contributed by atoms with Crippen molar-refractivity contribution >= 4 is 15.9 Å². The summed E-state index contributed by atoms with van der Waals surface area (Å²) in [5.74, 6) is 1.02. The first-order valence-corrected chi connectivity index (χ1v) is 7.35. The lowest BCUT2D eigenvalue weighted by Crippen LogP contribution is -2.26. The molecule has 0 aromatic heterocycles. The largest absolute Gasteiger partial charge is 0.491 e. The summed E-state index contributed by atoms with van der Waals surface area (Å²) in [6, 6.07) is 15.0. The van der Waals surface area contributed by atoms with Crippen molar-refractivity contribution in [2.75, 3.05) is 6.61 Å². The first-order valence-electron chi connectivity index (χ1n) is 6.56. The van der Waals surface area contributed by atoms with E-state index in [0.717, 1.165) is 23.2 Å². The van der Waals surface area contributed by atoms with Crippen molar-refractivity contribution < 1.29 is 4.74 Å². The highest BCUT2D eigenvalue weighted by Gasteiger charge is 2.37. The van der Waals surface area contributed by atoms with Crippen LogP contribution in [0, 0.1) is 6.92 Å². The molecule has 0 aliphatic carbocycles. The molecule has 2 aromatic rings. The molecule has 98 valence electrons. The van der Waals surface area contributed by atoms with E-state index in [1.165, 1.54) is 16.7 Å². The minimum atomic E-state index is 0.0607. The molecule has 1 heterocycles. The first kappa shape index (κ1) is 12.7. The number of hydrogen-bond donors (Lipinski definition) is 0. The molecule has 0 unspecified atom stereocenters. The fourth-order valence-electron chi connectivity index (χ4n) is 2.83. The second kappa shape index (κ2) is 4.68. The predicted molar refractivity (Wildman–Crippen MR) is 81.9 cm³/mol. The molecule has 0 spiro atoms. The number of hydrogen-bond acceptors (Lipinski definition) is 1. The molecule has 19 heavy (non-hydrogen) atoms. The first-order chi connectivity index (χ1) is 9.08. The summed E-state index contributed by atoms with van der Waals surface area (Å²) in [6.45, 7) is 5.17. The normalized spacial score (nSPS) is 21.0. The van der Waals surface area contributed by atoms with E-state index in [1.807, 2.05) is 0 Å². The van der Waals surface area contributed by atoms with Crippen LogP contribution in [-0.4, -0.2) is 6.61 Å². The molecule has 0 saturated heterocycles. The number of rotatable bonds is 2. The highest BCUT2D eigenvalue weighted by Crippen LogP contribution is 2.45. The second-order valence-corrected chi connectivity index (χ2v) is 6.49. The average molecular weight is 317 g/mol. The topological polar surface area (TPSA) is 9.23 Å². The van der Waals surface area contributed by atoms with Crippen molar-refractivity contribution in [3.05, 3.63) is 63.6 Å². The van der Waals surface area contributed by atoms with E-state index in [9.17, 15) is 0 Å². The van der Waals surface area contributed by atoms with E-state index in [4.69, 9.17) is 4.74 Å². The van der Waals surface area contributed by atoms with E-state index in [2.05, 4.69) is 72.2 Å². The maximum atomic E-state index is 5.93. The number of benzene rings is 2. The van der Waals surface area contributed by atoms with Gasteiger partial charge in [0, 0.05) is 11.0 Å². The van der Waals surface area contributed by atoms with Crippen LogP contribution in [0.4, 0.5) is 0 Å². The van der Waals surface area contributed by atoms with Crippen LogP contribution in [0.5, 0.6) is 5.75 Å². The van der Waals surface area contributed by atoms with E-state index < -0.39 is 0 Å². The van der Waals surface area contributed by atoms with Gasteiger partial charge in [0.1, 0.15) is 5.75 Å². The van der Waals surface area contributed by atoms with Crippen molar-refractivity contribution in [2.24, 2.45) is 0 Å². The van der Waals surface area contributed by atoms with Crippen LogP contribution < -0.4 is 4.74 Å². The summed E-state index contributed by atoms with van der Waals surface area (Å²) in [7, 11) is 0. The van der Waals surface area contributed by atoms with Crippen molar-refractivity contribution in [2.45, 2.75) is 25.7 Å². The van der Waals surface area contributed by atoms with Gasteiger partial charge in [-0.15, -0.1) is 0 Å². The molecule has 0 saturated carbocycles. The predicted octanol–water partition coefficient (Wildman–Crippen LogP) is 4.65. The lowest BCUT2D eigenvalue weighted by atomic mass is 9.78. The Kier molecular flexibility index (Phi) is 3.14. The quantitative estimate of drug-likeness (QED) is 0.783. The number of ether oxygens (including phenoxy) is 1. The zero-order valence-electron chi connectivity index (χ0n) is 11.2. The van der Waals surface area contributed by atoms with Crippen molar-refractivity contribution in [3.63, 3.8) is 0 Å². The Balaban J connectivity index is 2.01. The highest BCUT2D eigenvalue weighted by molar-refractivity contribution is 9.10. The Bertz CT molecular complexity index is 606. The summed E-state index contributed by atoms with van der Waals surface area (Å²) in [4.78, 5) is 0. The monoisotopic (exact) mass is 316 g/mol. The van der Waals surface area contributed by atoms with Gasteiger partial charge in [0.15, 0.2) is 0 Å². The van der Waals surface area contributed by atoms with Gasteiger partial charge in [-0.2, -0.15) is 0 Å². The van der Waals surface area contributed by atoms with Crippen LogP contribution >= 0.6 is 15.9 Å². The molecule has 0 N–H and O–H groups in total. The van der Waals surface area contributed by atoms with Crippen molar-refractivity contribution in [1.82, 2.24) is 0 Å². The Morgan fingerprint density at radius 1 is 1.21 bits per heavy atom. The molecule has 0 fully saturated rings. The second-order valence-electron chi connectivity index (χ2n) is 5.64. The maximum Gasteiger partial charge on any atom is 0.137 e. The minimum absolute atomic E-state index is 0.0607. The number of halogens is 1. The lowest BCUT2D eigenvalue weighted by Gasteiger charge is -2.23. The minimum Gasteiger partial charge on any atom is -0.491 e. The third-order valence-corrected chi connectivity index (χ3v) is 4.40. The Morgan fingerprint density at radius 2 is 1.95 bits per heavy atom. The summed E-state index contributed by atoms with van der Waals surface area (Å²) >= 11 is 3.61. The summed E-state index contributed by atoms with van der Waals surface area (Å²) in [5, 5.41) is 0. The van der Waals surface area contributed by atoms with Gasteiger partial charge in [-0.3, -0.25) is 0 Å². The third kappa shape index (κ3) is 2.30. The molecule has 3 rings (SSSR count). The molecule has 0 bridgehead atoms. The number of aryl methyl sites for hydroxylation is 1. The molecule has 1 aliphatic heterocycles. The molecule has 0 radical (unpaired) electrons. The van der Waals surface area contributed by atoms with Gasteiger partial charge < -0.3 is 4.74 Å². The van der Waals surface area contributed by atoms with Crippen LogP contribution in [0.25, 0.3) is 0 Å². The van der Waals surface area contributed by atoms with Gasteiger partial charge in [0.05, 0.1) is 11.1 Å². The van der Waals surface area contributed by atoms with Crippen LogP contribution in [0.15, 0.2) is 46.9 Å².